The number of esters is 2. The van der Waals surface area contributed by atoms with Crippen LogP contribution in [0.1, 0.15) is 79.7 Å². The molecule has 7 heteroatoms. The average Bonchev–Trinajstić information content (AvgIpc) is 3.08. The van der Waals surface area contributed by atoms with Gasteiger partial charge in [0, 0.05) is 47.1 Å². The van der Waals surface area contributed by atoms with Crippen molar-refractivity contribution in [2.75, 3.05) is 0 Å². The Labute approximate surface area is 292 Å². The molecule has 0 fully saturated rings. The summed E-state index contributed by atoms with van der Waals surface area (Å²) >= 11 is 0. The predicted molar refractivity (Wildman–Crippen MR) is 196 cm³/mol. The summed E-state index contributed by atoms with van der Waals surface area (Å²) in [6, 6.07) is 9.61. The van der Waals surface area contributed by atoms with Crippen molar-refractivity contribution in [3.63, 3.8) is 0 Å². The molecule has 0 saturated carbocycles. The second-order valence-corrected chi connectivity index (χ2v) is 13.2. The molecule has 0 amide bonds. The first-order chi connectivity index (χ1) is 23.4. The number of allylic oxidation sites excluding steroid dienone is 8. The van der Waals surface area contributed by atoms with E-state index in [0.29, 0.717) is 6.42 Å². The van der Waals surface area contributed by atoms with Crippen LogP contribution in [0.25, 0.3) is 10.9 Å². The third-order valence-electron chi connectivity index (χ3n) is 8.94. The predicted octanol–water partition coefficient (Wildman–Crippen LogP) is 8.75. The summed E-state index contributed by atoms with van der Waals surface area (Å²) in [6.07, 6.45) is 20.8. The number of aromatic nitrogens is 1. The molecule has 0 spiro atoms. The Bertz CT molecular complexity index is 1620. The third-order valence-corrected chi connectivity index (χ3v) is 8.94. The maximum Gasteiger partial charge on any atom is 0.331 e. The smallest absolute Gasteiger partial charge is 0.331 e. The van der Waals surface area contributed by atoms with E-state index in [4.69, 9.17) is 9.47 Å². The number of rotatable bonds is 17. The lowest BCUT2D eigenvalue weighted by molar-refractivity contribution is -0.143. The summed E-state index contributed by atoms with van der Waals surface area (Å²) < 4.78 is 10.9. The molecule has 2 aromatic rings. The molecule has 3 rings (SSSR count). The van der Waals surface area contributed by atoms with Gasteiger partial charge in [0.2, 0.25) is 0 Å². The lowest BCUT2D eigenvalue weighted by Gasteiger charge is -2.25. The number of pyridine rings is 1. The van der Waals surface area contributed by atoms with E-state index in [1.165, 1.54) is 17.7 Å². The number of benzene rings is 1. The van der Waals surface area contributed by atoms with Gasteiger partial charge in [0.05, 0.1) is 11.6 Å². The largest absolute Gasteiger partial charge is 0.458 e. The van der Waals surface area contributed by atoms with Crippen molar-refractivity contribution >= 4 is 28.6 Å². The molecule has 1 N–H and O–H groups in total. The Balaban J connectivity index is 1.44. The number of ether oxygens (including phenoxy) is 2. The molecule has 0 radical (unpaired) electrons. The zero-order valence-corrected chi connectivity index (χ0v) is 30.1. The first-order valence-electron chi connectivity index (χ1n) is 17.4. The van der Waals surface area contributed by atoms with Gasteiger partial charge in [-0.05, 0) is 57.6 Å². The number of carbonyl (C=O) groups is 3. The highest BCUT2D eigenvalue weighted by molar-refractivity contribution is 5.85. The van der Waals surface area contributed by atoms with Gasteiger partial charge < -0.3 is 14.6 Å². The van der Waals surface area contributed by atoms with Crippen molar-refractivity contribution in [1.82, 2.24) is 4.98 Å². The second kappa shape index (κ2) is 19.6. The van der Waals surface area contributed by atoms with Crippen LogP contribution in [-0.4, -0.2) is 40.0 Å². The van der Waals surface area contributed by atoms with Gasteiger partial charge in [-0.25, -0.2) is 9.59 Å². The number of carbonyl (C=O) groups excluding carboxylic acids is 3. The minimum Gasteiger partial charge on any atom is -0.458 e. The molecule has 2 heterocycles. The molecule has 1 aliphatic heterocycles. The van der Waals surface area contributed by atoms with E-state index in [2.05, 4.69) is 24.1 Å². The Kier molecular flexibility index (Phi) is 15.6. The quantitative estimate of drug-likeness (QED) is 0.0779. The van der Waals surface area contributed by atoms with Gasteiger partial charge in [-0.3, -0.25) is 9.78 Å². The van der Waals surface area contributed by atoms with Gasteiger partial charge in [-0.15, -0.1) is 0 Å². The zero-order chi connectivity index (χ0) is 35.9. The summed E-state index contributed by atoms with van der Waals surface area (Å²) in [5.41, 5.74) is 4.61. The molecule has 262 valence electrons. The van der Waals surface area contributed by atoms with E-state index in [0.717, 1.165) is 46.9 Å². The second-order valence-electron chi connectivity index (χ2n) is 13.2. The van der Waals surface area contributed by atoms with Crippen LogP contribution in [0.2, 0.25) is 0 Å². The van der Waals surface area contributed by atoms with Gasteiger partial charge in [0.25, 0.3) is 0 Å². The molecule has 6 unspecified atom stereocenters. The molecule has 1 aromatic carbocycles. The van der Waals surface area contributed by atoms with Crippen LogP contribution in [0.4, 0.5) is 0 Å². The number of hydrogen-bond donors (Lipinski definition) is 1. The average molecular weight is 668 g/mol. The van der Waals surface area contributed by atoms with Crippen molar-refractivity contribution in [3.05, 3.63) is 113 Å². The van der Waals surface area contributed by atoms with Gasteiger partial charge >= 0.3 is 11.9 Å². The standard InChI is InChI=1S/C42H53NO6/c1-8-34(20-21-37-30(4)19-22-38(44)49-37)15-11-9-10-14-28(2)24-31(5)41(46)33(7)42(47)32(6)25-29(3)26-39(45)48-27-36-17-12-16-35-18-13-23-43-40(35)36/h10,12-24,26,30-33,37,42,47H,8-9,11,25,27H2,1-7H3/b14-10+,21-20+,28-24+,29-26+,34-15-. The van der Waals surface area contributed by atoms with Gasteiger partial charge in [0.15, 0.2) is 0 Å². The maximum atomic E-state index is 13.2. The number of Topliss-reactive ketones (excluding diaryl/α,β-unsaturated/α-hetero) is 1. The van der Waals surface area contributed by atoms with E-state index in [1.54, 1.807) is 13.1 Å². The highest BCUT2D eigenvalue weighted by Crippen LogP contribution is 2.24. The van der Waals surface area contributed by atoms with Crippen LogP contribution in [0.5, 0.6) is 0 Å². The molecular weight excluding hydrogens is 614 g/mol. The lowest BCUT2D eigenvalue weighted by atomic mass is 9.83. The maximum absolute atomic E-state index is 13.2. The number of hydrogen-bond acceptors (Lipinski definition) is 7. The van der Waals surface area contributed by atoms with E-state index < -0.39 is 18.0 Å². The van der Waals surface area contributed by atoms with E-state index >= 15 is 0 Å². The highest BCUT2D eigenvalue weighted by atomic mass is 16.5. The van der Waals surface area contributed by atoms with Crippen molar-refractivity contribution in [3.8, 4) is 0 Å². The molecule has 1 aliphatic rings. The molecular formula is C42H53NO6. The number of aliphatic hydroxyl groups is 1. The van der Waals surface area contributed by atoms with Crippen molar-refractivity contribution < 1.29 is 29.0 Å². The normalized spacial score (nSPS) is 20.0. The SMILES string of the molecule is CCC(=C/CC/C=C/C(C)=C/C(C)C(=O)C(C)C(O)C(C)C/C(C)=C/C(=O)OCc1cccc2cccnc12)/C=C/C1OC(=O)C=CC1C. The number of ketones is 1. The van der Waals surface area contributed by atoms with Crippen LogP contribution < -0.4 is 0 Å². The Morgan fingerprint density at radius 1 is 1.08 bits per heavy atom. The van der Waals surface area contributed by atoms with Crippen molar-refractivity contribution in [2.24, 2.45) is 23.7 Å². The molecule has 0 bridgehead atoms. The number of unbranched alkanes of at least 4 members (excludes halogenated alkanes) is 1. The number of nitrogens with zero attached hydrogens (tertiary/aromatic N) is 1. The van der Waals surface area contributed by atoms with Crippen molar-refractivity contribution in [2.45, 2.75) is 93.0 Å². The molecule has 1 aromatic heterocycles. The highest BCUT2D eigenvalue weighted by Gasteiger charge is 2.29. The molecule has 0 aliphatic carbocycles. The minimum absolute atomic E-state index is 0.0207. The van der Waals surface area contributed by atoms with Crippen LogP contribution in [0.3, 0.4) is 0 Å². The first-order valence-corrected chi connectivity index (χ1v) is 17.4. The lowest BCUT2D eigenvalue weighted by Crippen LogP contribution is -2.34. The van der Waals surface area contributed by atoms with Crippen LogP contribution >= 0.6 is 0 Å². The van der Waals surface area contributed by atoms with Crippen LogP contribution in [0.15, 0.2) is 108 Å². The van der Waals surface area contributed by atoms with E-state index in [9.17, 15) is 19.5 Å². The summed E-state index contributed by atoms with van der Waals surface area (Å²) in [5.74, 6) is -1.75. The Hall–Kier alpha value is -4.36. The number of aliphatic hydroxyl groups excluding tert-OH is 1. The van der Waals surface area contributed by atoms with Gasteiger partial charge in [-0.1, -0.05) is 112 Å². The fraction of sp³-hybridized carbons (Fsp3) is 0.429. The van der Waals surface area contributed by atoms with Crippen molar-refractivity contribution in [1.29, 1.82) is 0 Å². The number of cyclic esters (lactones) is 1. The molecule has 0 saturated heterocycles. The van der Waals surface area contributed by atoms with Gasteiger partial charge in [-0.2, -0.15) is 0 Å². The minimum atomic E-state index is -0.848. The first kappa shape index (κ1) is 39.1. The summed E-state index contributed by atoms with van der Waals surface area (Å²) in [5, 5.41) is 12.0. The molecule has 49 heavy (non-hydrogen) atoms. The van der Waals surface area contributed by atoms with Crippen LogP contribution in [0, 0.1) is 23.7 Å². The van der Waals surface area contributed by atoms with E-state index in [1.807, 2.05) is 95.3 Å². The third kappa shape index (κ3) is 12.6. The number of fused-ring (bicyclic) bond motifs is 1. The summed E-state index contributed by atoms with van der Waals surface area (Å²) in [6.45, 7) is 13.6. The summed E-state index contributed by atoms with van der Waals surface area (Å²) in [7, 11) is 0. The summed E-state index contributed by atoms with van der Waals surface area (Å²) in [4.78, 5) is 41.7. The number of para-hydroxylation sites is 1. The molecule has 7 nitrogen and oxygen atoms in total. The zero-order valence-electron chi connectivity index (χ0n) is 30.1. The molecule has 6 atom stereocenters. The van der Waals surface area contributed by atoms with Gasteiger partial charge in [0.1, 0.15) is 18.5 Å². The Morgan fingerprint density at radius 3 is 2.59 bits per heavy atom. The Morgan fingerprint density at radius 2 is 1.84 bits per heavy atom. The topological polar surface area (TPSA) is 103 Å². The van der Waals surface area contributed by atoms with E-state index in [-0.39, 0.29) is 42.2 Å². The fourth-order valence-electron chi connectivity index (χ4n) is 5.99. The van der Waals surface area contributed by atoms with Crippen LogP contribution in [-0.2, 0) is 30.5 Å². The fourth-order valence-corrected chi connectivity index (χ4v) is 5.99. The monoisotopic (exact) mass is 667 g/mol.